The van der Waals surface area contributed by atoms with Crippen molar-refractivity contribution in [2.75, 3.05) is 26.7 Å². The summed E-state index contributed by atoms with van der Waals surface area (Å²) >= 11 is 0. The molecule has 0 aromatic heterocycles. The Kier molecular flexibility index (Phi) is 10.2. The van der Waals surface area contributed by atoms with E-state index in [9.17, 15) is 4.79 Å². The SMILES string of the molecule is COC(=O)CN1CCCCC1.Cl.Cl. The fourth-order valence-corrected chi connectivity index (χ4v) is 1.36. The number of piperidine rings is 1. The smallest absolute Gasteiger partial charge is 0.319 e. The third-order valence-corrected chi connectivity index (χ3v) is 2.03. The minimum Gasteiger partial charge on any atom is -0.468 e. The molecular formula is C8H17Cl2NO2. The summed E-state index contributed by atoms with van der Waals surface area (Å²) in [4.78, 5) is 13.0. The lowest BCUT2D eigenvalue weighted by Crippen LogP contribution is -2.34. The van der Waals surface area contributed by atoms with Gasteiger partial charge in [-0.1, -0.05) is 6.42 Å². The normalized spacial score (nSPS) is 16.7. The summed E-state index contributed by atoms with van der Waals surface area (Å²) in [5, 5.41) is 0. The van der Waals surface area contributed by atoms with Gasteiger partial charge in [-0.2, -0.15) is 0 Å². The molecule has 0 saturated carbocycles. The molecule has 5 heteroatoms. The highest BCUT2D eigenvalue weighted by atomic mass is 35.5. The molecule has 1 heterocycles. The zero-order chi connectivity index (χ0) is 8.10. The van der Waals surface area contributed by atoms with Gasteiger partial charge < -0.3 is 4.74 Å². The monoisotopic (exact) mass is 229 g/mol. The molecule has 0 atom stereocenters. The zero-order valence-electron chi connectivity index (χ0n) is 7.82. The number of rotatable bonds is 2. The minimum atomic E-state index is -0.119. The summed E-state index contributed by atoms with van der Waals surface area (Å²) in [6.45, 7) is 2.57. The molecule has 0 amide bonds. The van der Waals surface area contributed by atoms with Gasteiger partial charge >= 0.3 is 5.97 Å². The van der Waals surface area contributed by atoms with Crippen LogP contribution < -0.4 is 0 Å². The molecule has 0 aromatic rings. The molecule has 0 aromatic carbocycles. The van der Waals surface area contributed by atoms with Gasteiger partial charge in [0, 0.05) is 0 Å². The lowest BCUT2D eigenvalue weighted by atomic mass is 10.1. The van der Waals surface area contributed by atoms with Gasteiger partial charge in [0.15, 0.2) is 0 Å². The largest absolute Gasteiger partial charge is 0.468 e. The quantitative estimate of drug-likeness (QED) is 0.673. The lowest BCUT2D eigenvalue weighted by Gasteiger charge is -2.24. The molecule has 80 valence electrons. The minimum absolute atomic E-state index is 0. The Hall–Kier alpha value is 0.01000. The van der Waals surface area contributed by atoms with Gasteiger partial charge in [-0.25, -0.2) is 0 Å². The molecule has 0 aliphatic carbocycles. The first-order chi connectivity index (χ1) is 5.33. The van der Waals surface area contributed by atoms with Gasteiger partial charge in [0.05, 0.1) is 13.7 Å². The number of likely N-dealkylation sites (tertiary alicyclic amines) is 1. The van der Waals surface area contributed by atoms with Crippen LogP contribution in [0.25, 0.3) is 0 Å². The summed E-state index contributed by atoms with van der Waals surface area (Å²) < 4.78 is 4.57. The van der Waals surface area contributed by atoms with Crippen LogP contribution >= 0.6 is 24.8 Å². The number of halogens is 2. The first-order valence-electron chi connectivity index (χ1n) is 4.12. The molecule has 0 radical (unpaired) electrons. The third-order valence-electron chi connectivity index (χ3n) is 2.03. The highest BCUT2D eigenvalue weighted by Gasteiger charge is 2.13. The number of hydrogen-bond donors (Lipinski definition) is 0. The van der Waals surface area contributed by atoms with Crippen molar-refractivity contribution in [3.05, 3.63) is 0 Å². The summed E-state index contributed by atoms with van der Waals surface area (Å²) in [5.74, 6) is -0.119. The summed E-state index contributed by atoms with van der Waals surface area (Å²) in [6, 6.07) is 0. The van der Waals surface area contributed by atoms with E-state index in [1.165, 1.54) is 26.4 Å². The van der Waals surface area contributed by atoms with E-state index in [0.29, 0.717) is 6.54 Å². The van der Waals surface area contributed by atoms with E-state index in [4.69, 9.17) is 0 Å². The van der Waals surface area contributed by atoms with Crippen molar-refractivity contribution in [3.63, 3.8) is 0 Å². The lowest BCUT2D eigenvalue weighted by molar-refractivity contribution is -0.142. The Morgan fingerprint density at radius 3 is 2.23 bits per heavy atom. The standard InChI is InChI=1S/C8H15NO2.2ClH/c1-11-8(10)7-9-5-3-2-4-6-9;;/h2-7H2,1H3;2*1H. The van der Waals surface area contributed by atoms with Gasteiger partial charge in [-0.3, -0.25) is 9.69 Å². The van der Waals surface area contributed by atoms with Crippen molar-refractivity contribution in [3.8, 4) is 0 Å². The molecule has 1 rings (SSSR count). The van der Waals surface area contributed by atoms with E-state index in [1.54, 1.807) is 0 Å². The molecule has 0 N–H and O–H groups in total. The van der Waals surface area contributed by atoms with Crippen LogP contribution in [0.15, 0.2) is 0 Å². The molecule has 0 spiro atoms. The molecule has 13 heavy (non-hydrogen) atoms. The molecule has 1 saturated heterocycles. The van der Waals surface area contributed by atoms with Crippen molar-refractivity contribution in [1.29, 1.82) is 0 Å². The molecule has 3 nitrogen and oxygen atoms in total. The predicted octanol–water partition coefficient (Wildman–Crippen LogP) is 1.49. The van der Waals surface area contributed by atoms with Crippen LogP contribution in [0, 0.1) is 0 Å². The zero-order valence-corrected chi connectivity index (χ0v) is 9.46. The number of hydrogen-bond acceptors (Lipinski definition) is 3. The number of carbonyl (C=O) groups is 1. The van der Waals surface area contributed by atoms with Gasteiger partial charge in [0.1, 0.15) is 0 Å². The Balaban J connectivity index is 0. The first-order valence-corrected chi connectivity index (χ1v) is 4.12. The Morgan fingerprint density at radius 1 is 1.23 bits per heavy atom. The van der Waals surface area contributed by atoms with Crippen molar-refractivity contribution >= 4 is 30.8 Å². The van der Waals surface area contributed by atoms with Crippen LogP contribution in [0.1, 0.15) is 19.3 Å². The topological polar surface area (TPSA) is 29.5 Å². The predicted molar refractivity (Wildman–Crippen MR) is 56.8 cm³/mol. The van der Waals surface area contributed by atoms with Crippen molar-refractivity contribution in [2.24, 2.45) is 0 Å². The van der Waals surface area contributed by atoms with E-state index in [0.717, 1.165) is 13.1 Å². The maximum atomic E-state index is 10.8. The summed E-state index contributed by atoms with van der Waals surface area (Å²) in [6.07, 6.45) is 3.74. The van der Waals surface area contributed by atoms with E-state index < -0.39 is 0 Å². The molecule has 0 bridgehead atoms. The van der Waals surface area contributed by atoms with E-state index >= 15 is 0 Å². The van der Waals surface area contributed by atoms with Gasteiger partial charge in [0.25, 0.3) is 0 Å². The van der Waals surface area contributed by atoms with Crippen LogP contribution in [0.4, 0.5) is 0 Å². The van der Waals surface area contributed by atoms with Crippen LogP contribution in [0.3, 0.4) is 0 Å². The average molecular weight is 230 g/mol. The van der Waals surface area contributed by atoms with E-state index in [1.807, 2.05) is 0 Å². The second-order valence-corrected chi connectivity index (χ2v) is 2.91. The number of carbonyl (C=O) groups excluding carboxylic acids is 1. The van der Waals surface area contributed by atoms with Gasteiger partial charge in [-0.15, -0.1) is 24.8 Å². The Bertz CT molecular complexity index is 138. The molecule has 1 aliphatic rings. The number of nitrogens with zero attached hydrogens (tertiary/aromatic N) is 1. The third kappa shape index (κ3) is 6.13. The number of ether oxygens (including phenoxy) is 1. The number of esters is 1. The fraction of sp³-hybridized carbons (Fsp3) is 0.875. The van der Waals surface area contributed by atoms with Crippen LogP contribution in [-0.4, -0.2) is 37.6 Å². The van der Waals surface area contributed by atoms with E-state index in [-0.39, 0.29) is 30.8 Å². The highest BCUT2D eigenvalue weighted by Crippen LogP contribution is 2.07. The molecule has 0 unspecified atom stereocenters. The number of methoxy groups -OCH3 is 1. The summed E-state index contributed by atoms with van der Waals surface area (Å²) in [5.41, 5.74) is 0. The average Bonchev–Trinajstić information content (AvgIpc) is 2.06. The van der Waals surface area contributed by atoms with Crippen molar-refractivity contribution < 1.29 is 9.53 Å². The van der Waals surface area contributed by atoms with Gasteiger partial charge in [-0.05, 0) is 25.9 Å². The first kappa shape index (κ1) is 15.5. The summed E-state index contributed by atoms with van der Waals surface area (Å²) in [7, 11) is 1.44. The Labute approximate surface area is 91.6 Å². The molecular weight excluding hydrogens is 213 g/mol. The van der Waals surface area contributed by atoms with Crippen LogP contribution in [0.5, 0.6) is 0 Å². The Morgan fingerprint density at radius 2 is 1.77 bits per heavy atom. The maximum absolute atomic E-state index is 10.8. The highest BCUT2D eigenvalue weighted by molar-refractivity contribution is 5.85. The second kappa shape index (κ2) is 8.60. The van der Waals surface area contributed by atoms with Crippen molar-refractivity contribution in [1.82, 2.24) is 4.90 Å². The van der Waals surface area contributed by atoms with Crippen LogP contribution in [-0.2, 0) is 9.53 Å². The maximum Gasteiger partial charge on any atom is 0.319 e. The van der Waals surface area contributed by atoms with Crippen LogP contribution in [0.2, 0.25) is 0 Å². The van der Waals surface area contributed by atoms with Crippen molar-refractivity contribution in [2.45, 2.75) is 19.3 Å². The van der Waals surface area contributed by atoms with Gasteiger partial charge in [0.2, 0.25) is 0 Å². The fourth-order valence-electron chi connectivity index (χ4n) is 1.36. The molecule has 1 aliphatic heterocycles. The molecule has 1 fully saturated rings. The second-order valence-electron chi connectivity index (χ2n) is 2.91. The van der Waals surface area contributed by atoms with E-state index in [2.05, 4.69) is 9.64 Å².